The van der Waals surface area contributed by atoms with E-state index in [0.29, 0.717) is 19.3 Å². The second-order valence-electron chi connectivity index (χ2n) is 24.1. The van der Waals surface area contributed by atoms with E-state index in [2.05, 4.69) is 106 Å². The van der Waals surface area contributed by atoms with E-state index < -0.39 is 6.10 Å². The Morgan fingerprint density at radius 2 is 0.470 bits per heavy atom. The monoisotopic (exact) mass is 1160 g/mol. The molecule has 0 aromatic heterocycles. The molecule has 0 saturated heterocycles. The molecule has 0 aromatic carbocycles. The highest BCUT2D eigenvalue weighted by Crippen LogP contribution is 2.18. The first-order valence-corrected chi connectivity index (χ1v) is 36.1. The second-order valence-corrected chi connectivity index (χ2v) is 24.1. The van der Waals surface area contributed by atoms with Crippen molar-refractivity contribution in [2.75, 3.05) is 13.2 Å². The largest absolute Gasteiger partial charge is 0.462 e. The summed E-state index contributed by atoms with van der Waals surface area (Å²) < 4.78 is 16.8. The van der Waals surface area contributed by atoms with E-state index in [0.717, 1.165) is 109 Å². The number of rotatable bonds is 66. The lowest BCUT2D eigenvalue weighted by atomic mass is 10.0. The van der Waals surface area contributed by atoms with E-state index in [1.54, 1.807) is 0 Å². The minimum absolute atomic E-state index is 0.0766. The van der Waals surface area contributed by atoms with Crippen LogP contribution in [0.1, 0.15) is 367 Å². The summed E-state index contributed by atoms with van der Waals surface area (Å²) in [7, 11) is 0. The Labute approximate surface area is 515 Å². The van der Waals surface area contributed by atoms with Crippen molar-refractivity contribution in [2.24, 2.45) is 0 Å². The van der Waals surface area contributed by atoms with Crippen molar-refractivity contribution in [3.8, 4) is 0 Å². The zero-order valence-electron chi connectivity index (χ0n) is 55.2. The summed E-state index contributed by atoms with van der Waals surface area (Å²) in [5.41, 5.74) is 0. The maximum atomic E-state index is 12.9. The van der Waals surface area contributed by atoms with Crippen LogP contribution >= 0.6 is 0 Å². The fraction of sp³-hybridized carbons (Fsp3) is 0.779. The number of carbonyl (C=O) groups excluding carboxylic acids is 3. The molecule has 0 aromatic rings. The zero-order chi connectivity index (χ0) is 59.9. The fourth-order valence-corrected chi connectivity index (χ4v) is 10.5. The topological polar surface area (TPSA) is 78.9 Å². The van der Waals surface area contributed by atoms with Crippen LogP contribution in [-0.2, 0) is 28.6 Å². The molecule has 0 amide bonds. The number of esters is 3. The van der Waals surface area contributed by atoms with Crippen LogP contribution in [0.4, 0.5) is 0 Å². The summed E-state index contributed by atoms with van der Waals surface area (Å²) >= 11 is 0. The number of hydrogen-bond donors (Lipinski definition) is 0. The predicted molar refractivity (Wildman–Crippen MR) is 362 cm³/mol. The quantitative estimate of drug-likeness (QED) is 0.0261. The molecule has 1 atom stereocenters. The highest BCUT2D eigenvalue weighted by molar-refractivity contribution is 5.71. The lowest BCUT2D eigenvalue weighted by molar-refractivity contribution is -0.167. The summed E-state index contributed by atoms with van der Waals surface area (Å²) in [6.07, 6.45) is 95.4. The van der Waals surface area contributed by atoms with Crippen molar-refractivity contribution in [3.05, 3.63) is 85.1 Å². The molecule has 0 radical (unpaired) electrons. The fourth-order valence-electron chi connectivity index (χ4n) is 10.5. The van der Waals surface area contributed by atoms with Crippen LogP contribution in [-0.4, -0.2) is 37.2 Å². The summed E-state index contributed by atoms with van der Waals surface area (Å²) in [4.78, 5) is 38.0. The molecular weight excluding hydrogens is 1020 g/mol. The molecule has 0 fully saturated rings. The van der Waals surface area contributed by atoms with Crippen molar-refractivity contribution in [1.29, 1.82) is 0 Å². The molecule has 0 spiro atoms. The Morgan fingerprint density at radius 1 is 0.253 bits per heavy atom. The first-order valence-electron chi connectivity index (χ1n) is 36.1. The van der Waals surface area contributed by atoms with Crippen LogP contribution in [0.25, 0.3) is 0 Å². The Morgan fingerprint density at radius 3 is 0.747 bits per heavy atom. The zero-order valence-corrected chi connectivity index (χ0v) is 55.2. The van der Waals surface area contributed by atoms with Gasteiger partial charge < -0.3 is 14.2 Å². The van der Waals surface area contributed by atoms with Crippen molar-refractivity contribution >= 4 is 17.9 Å². The van der Waals surface area contributed by atoms with Gasteiger partial charge in [-0.3, -0.25) is 14.4 Å². The Hall–Kier alpha value is -3.41. The molecule has 6 nitrogen and oxygen atoms in total. The number of allylic oxidation sites excluding steroid dienone is 14. The van der Waals surface area contributed by atoms with E-state index >= 15 is 0 Å². The predicted octanol–water partition coefficient (Wildman–Crippen LogP) is 25.0. The Bertz CT molecular complexity index is 1570. The molecular formula is C77H136O6. The van der Waals surface area contributed by atoms with Gasteiger partial charge in [-0.15, -0.1) is 0 Å². The van der Waals surface area contributed by atoms with Crippen LogP contribution in [0.5, 0.6) is 0 Å². The van der Waals surface area contributed by atoms with Crippen LogP contribution in [0.15, 0.2) is 85.1 Å². The Kier molecular flexibility index (Phi) is 68.2. The lowest BCUT2D eigenvalue weighted by Crippen LogP contribution is -2.30. The highest BCUT2D eigenvalue weighted by Gasteiger charge is 2.19. The van der Waals surface area contributed by atoms with Gasteiger partial charge in [-0.2, -0.15) is 0 Å². The van der Waals surface area contributed by atoms with Gasteiger partial charge in [0, 0.05) is 19.3 Å². The molecule has 0 aliphatic heterocycles. The molecule has 0 N–H and O–H groups in total. The second kappa shape index (κ2) is 71.1. The average molecular weight is 1160 g/mol. The first-order chi connectivity index (χ1) is 41.0. The van der Waals surface area contributed by atoms with Crippen molar-refractivity contribution < 1.29 is 28.6 Å². The first kappa shape index (κ1) is 79.6. The SMILES string of the molecule is CC/C=C\C/C=C\C/C=C\C/C=C\C/C=C\C/C=C\CCCCCCCCCCC(=O)OC(COC(=O)CCCCCCC)COC(=O)CCCCCCCCCCCCCCCCCCCCCCC/C=C\CCCCCCCCCC. The molecule has 0 heterocycles. The van der Waals surface area contributed by atoms with Gasteiger partial charge in [-0.1, -0.05) is 337 Å². The molecule has 1 unspecified atom stereocenters. The van der Waals surface area contributed by atoms with Crippen LogP contribution < -0.4 is 0 Å². The summed E-state index contributed by atoms with van der Waals surface area (Å²) in [6.45, 7) is 6.48. The third-order valence-electron chi connectivity index (χ3n) is 15.9. The van der Waals surface area contributed by atoms with Gasteiger partial charge in [-0.25, -0.2) is 0 Å². The third kappa shape index (κ3) is 69.3. The summed E-state index contributed by atoms with van der Waals surface area (Å²) in [6, 6.07) is 0. The molecule has 0 bridgehead atoms. The van der Waals surface area contributed by atoms with E-state index in [1.807, 2.05) is 0 Å². The van der Waals surface area contributed by atoms with Gasteiger partial charge in [0.05, 0.1) is 0 Å². The number of unbranched alkanes of at least 4 members (excludes halogenated alkanes) is 41. The number of ether oxygens (including phenoxy) is 3. The number of hydrogen-bond acceptors (Lipinski definition) is 6. The number of carbonyl (C=O) groups is 3. The highest BCUT2D eigenvalue weighted by atomic mass is 16.6. The van der Waals surface area contributed by atoms with Crippen LogP contribution in [0.3, 0.4) is 0 Å². The van der Waals surface area contributed by atoms with E-state index in [-0.39, 0.29) is 31.1 Å². The van der Waals surface area contributed by atoms with Crippen molar-refractivity contribution in [2.45, 2.75) is 374 Å². The Balaban J connectivity index is 3.95. The van der Waals surface area contributed by atoms with Gasteiger partial charge in [0.15, 0.2) is 6.10 Å². The molecule has 83 heavy (non-hydrogen) atoms. The molecule has 6 heteroatoms. The molecule has 0 rings (SSSR count). The van der Waals surface area contributed by atoms with Crippen molar-refractivity contribution in [3.63, 3.8) is 0 Å². The normalized spacial score (nSPS) is 12.6. The molecule has 0 saturated carbocycles. The lowest BCUT2D eigenvalue weighted by Gasteiger charge is -2.18. The van der Waals surface area contributed by atoms with Gasteiger partial charge in [0.2, 0.25) is 0 Å². The smallest absolute Gasteiger partial charge is 0.306 e. The van der Waals surface area contributed by atoms with Crippen LogP contribution in [0, 0.1) is 0 Å². The third-order valence-corrected chi connectivity index (χ3v) is 15.9. The maximum Gasteiger partial charge on any atom is 0.306 e. The van der Waals surface area contributed by atoms with E-state index in [1.165, 1.54) is 218 Å². The molecule has 0 aliphatic carbocycles. The van der Waals surface area contributed by atoms with Gasteiger partial charge in [-0.05, 0) is 96.3 Å². The molecule has 480 valence electrons. The average Bonchev–Trinajstić information content (AvgIpc) is 3.49. The van der Waals surface area contributed by atoms with E-state index in [4.69, 9.17) is 14.2 Å². The van der Waals surface area contributed by atoms with Gasteiger partial charge >= 0.3 is 17.9 Å². The van der Waals surface area contributed by atoms with Crippen LogP contribution in [0.2, 0.25) is 0 Å². The maximum absolute atomic E-state index is 12.9. The standard InChI is InChI=1S/C77H136O6/c1-4-7-10-13-15-17-19-21-23-25-27-29-31-33-35-36-37-38-39-40-42-43-45-47-49-51-53-55-57-59-61-64-67-70-76(79)82-73-74(72-81-75(78)69-66-63-12-9-6-3)83-77(80)71-68-65-62-60-58-56-54-52-50-48-46-44-41-34-32-30-28-26-24-22-20-18-16-14-11-8-5-2/h8,11,16,18,22,24-25,27-28,30,34,41,46,48,74H,4-7,9-10,12-15,17,19-21,23,26,29,31-33,35-40,42-45,47,49-73H2,1-3H3/b11-8-,18-16-,24-22-,27-25-,30-28-,41-34-,48-46-. The minimum Gasteiger partial charge on any atom is -0.462 e. The van der Waals surface area contributed by atoms with Crippen molar-refractivity contribution in [1.82, 2.24) is 0 Å². The summed E-state index contributed by atoms with van der Waals surface area (Å²) in [5, 5.41) is 0. The molecule has 0 aliphatic rings. The summed E-state index contributed by atoms with van der Waals surface area (Å²) in [5.74, 6) is -0.884. The minimum atomic E-state index is -0.778. The van der Waals surface area contributed by atoms with E-state index in [9.17, 15) is 14.4 Å². The van der Waals surface area contributed by atoms with Gasteiger partial charge in [0.25, 0.3) is 0 Å². The van der Waals surface area contributed by atoms with Gasteiger partial charge in [0.1, 0.15) is 13.2 Å².